The lowest BCUT2D eigenvalue weighted by atomic mass is 9.80. The number of cyclic esters (lactones) is 2. The molecule has 14 heteroatoms. The van der Waals surface area contributed by atoms with Gasteiger partial charge in [-0.3, -0.25) is 0 Å². The Hall–Kier alpha value is -5.86. The van der Waals surface area contributed by atoms with Gasteiger partial charge in [0.2, 0.25) is 0 Å². The summed E-state index contributed by atoms with van der Waals surface area (Å²) in [5.41, 5.74) is -1.49. The smallest absolute Gasteiger partial charge is 0.338 e. The van der Waals surface area contributed by atoms with Crippen LogP contribution in [0.1, 0.15) is 22.3 Å². The molecule has 0 saturated carbocycles. The first-order valence-corrected chi connectivity index (χ1v) is 17.1. The second kappa shape index (κ2) is 14.9. The molecule has 2 heterocycles. The Morgan fingerprint density at radius 3 is 1.26 bits per heavy atom. The van der Waals surface area contributed by atoms with Crippen LogP contribution in [-0.2, 0) is 44.7 Å². The first kappa shape index (κ1) is 37.9. The van der Waals surface area contributed by atoms with Crippen LogP contribution in [-0.4, -0.2) is 95.4 Å². The molecular formula is C40H42O14. The number of carbonyl (C=O) groups is 2. The highest BCUT2D eigenvalue weighted by Crippen LogP contribution is 2.47. The van der Waals surface area contributed by atoms with Gasteiger partial charge in [-0.1, -0.05) is 12.1 Å². The number of aliphatic hydroxyl groups is 2. The van der Waals surface area contributed by atoms with Crippen LogP contribution < -0.4 is 18.9 Å². The Bertz CT molecular complexity index is 1930. The average Bonchev–Trinajstić information content (AvgIpc) is 3.58. The van der Waals surface area contributed by atoms with E-state index in [0.29, 0.717) is 22.3 Å². The van der Waals surface area contributed by atoms with Gasteiger partial charge in [0, 0.05) is 35.8 Å². The van der Waals surface area contributed by atoms with E-state index in [0.717, 1.165) is 0 Å². The van der Waals surface area contributed by atoms with Crippen LogP contribution in [0.25, 0.3) is 11.1 Å². The Labute approximate surface area is 310 Å². The molecule has 0 radical (unpaired) electrons. The number of methoxy groups -OCH3 is 4. The van der Waals surface area contributed by atoms with Crippen molar-refractivity contribution in [3.8, 4) is 57.1 Å². The first-order chi connectivity index (χ1) is 25.7. The molecule has 2 aliphatic heterocycles. The van der Waals surface area contributed by atoms with Gasteiger partial charge in [0.15, 0.2) is 57.2 Å². The zero-order chi connectivity index (χ0) is 38.9. The molecule has 54 heavy (non-hydrogen) atoms. The monoisotopic (exact) mass is 746 g/mol. The van der Waals surface area contributed by atoms with Gasteiger partial charge in [0.25, 0.3) is 0 Å². The van der Waals surface area contributed by atoms with E-state index in [9.17, 15) is 40.2 Å². The van der Waals surface area contributed by atoms with Crippen LogP contribution in [0.15, 0.2) is 60.7 Å². The lowest BCUT2D eigenvalue weighted by molar-refractivity contribution is -0.154. The summed E-state index contributed by atoms with van der Waals surface area (Å²) in [4.78, 5) is 25.9. The minimum absolute atomic E-state index is 0.0526. The van der Waals surface area contributed by atoms with Crippen LogP contribution in [0.5, 0.6) is 46.0 Å². The molecule has 0 bridgehead atoms. The maximum atomic E-state index is 13.0. The van der Waals surface area contributed by atoms with Crippen LogP contribution in [0.4, 0.5) is 0 Å². The van der Waals surface area contributed by atoms with Crippen molar-refractivity contribution >= 4 is 11.9 Å². The fourth-order valence-electron chi connectivity index (χ4n) is 7.24. The van der Waals surface area contributed by atoms with E-state index in [1.807, 2.05) is 0 Å². The average molecular weight is 747 g/mol. The van der Waals surface area contributed by atoms with E-state index in [-0.39, 0.29) is 96.0 Å². The van der Waals surface area contributed by atoms with Crippen molar-refractivity contribution in [3.05, 3.63) is 82.9 Å². The summed E-state index contributed by atoms with van der Waals surface area (Å²) in [5, 5.41) is 66.3. The molecule has 2 fully saturated rings. The molecule has 0 spiro atoms. The van der Waals surface area contributed by atoms with Crippen molar-refractivity contribution in [1.29, 1.82) is 0 Å². The maximum absolute atomic E-state index is 13.0. The number of ether oxygens (including phenoxy) is 6. The number of hydrogen-bond acceptors (Lipinski definition) is 14. The number of phenols is 4. The Morgan fingerprint density at radius 1 is 0.556 bits per heavy atom. The summed E-state index contributed by atoms with van der Waals surface area (Å²) < 4.78 is 32.0. The topological polar surface area (TPSA) is 211 Å². The minimum atomic E-state index is -1.94. The molecule has 0 unspecified atom stereocenters. The van der Waals surface area contributed by atoms with E-state index in [4.69, 9.17) is 28.4 Å². The van der Waals surface area contributed by atoms with Crippen molar-refractivity contribution in [1.82, 2.24) is 0 Å². The molecule has 4 atom stereocenters. The van der Waals surface area contributed by atoms with Crippen LogP contribution >= 0.6 is 0 Å². The number of rotatable bonds is 13. The van der Waals surface area contributed by atoms with Gasteiger partial charge >= 0.3 is 11.9 Å². The van der Waals surface area contributed by atoms with Crippen molar-refractivity contribution < 1.29 is 68.6 Å². The summed E-state index contributed by atoms with van der Waals surface area (Å²) in [6.07, 6.45) is -0.0743. The van der Waals surface area contributed by atoms with E-state index in [1.54, 1.807) is 36.4 Å². The molecule has 2 saturated heterocycles. The molecule has 14 nitrogen and oxygen atoms in total. The van der Waals surface area contributed by atoms with Crippen molar-refractivity contribution in [2.45, 2.75) is 36.9 Å². The lowest BCUT2D eigenvalue weighted by Gasteiger charge is -2.26. The van der Waals surface area contributed by atoms with Crippen molar-refractivity contribution in [2.24, 2.45) is 11.8 Å². The molecule has 0 amide bonds. The number of phenolic OH excluding ortho intramolecular Hbond substituents is 4. The Morgan fingerprint density at radius 2 is 0.907 bits per heavy atom. The van der Waals surface area contributed by atoms with E-state index in [1.165, 1.54) is 52.7 Å². The fraction of sp³-hybridized carbons (Fsp3) is 0.350. The Balaban J connectivity index is 1.33. The third-order valence-corrected chi connectivity index (χ3v) is 10.3. The highest BCUT2D eigenvalue weighted by atomic mass is 16.6. The number of carbonyl (C=O) groups excluding carboxylic acids is 2. The zero-order valence-electron chi connectivity index (χ0n) is 30.1. The molecule has 6 N–H and O–H groups in total. The standard InChI is InChI=1S/C40H42O14/c1-49-31-13-21(5-7-29(31)41)17-39(47)25(19-53-37(39)45)9-23-11-27(35(43)33(15-23)51-3)28-12-24(16-34(52-4)36(28)44)10-26-20-54-38(46)40(26,48)18-22-6-8-30(42)32(14-22)50-2/h5-8,11-16,25-26,41-44,47-48H,9-10,17-20H2,1-4H3/t25-,26-,39-,40-/m1/s1. The number of esters is 2. The molecular weight excluding hydrogens is 704 g/mol. The van der Waals surface area contributed by atoms with E-state index >= 15 is 0 Å². The second-order valence-corrected chi connectivity index (χ2v) is 13.6. The van der Waals surface area contributed by atoms with Crippen molar-refractivity contribution in [3.63, 3.8) is 0 Å². The van der Waals surface area contributed by atoms with Gasteiger partial charge in [-0.15, -0.1) is 0 Å². The van der Waals surface area contributed by atoms with Gasteiger partial charge in [0.05, 0.1) is 41.7 Å². The van der Waals surface area contributed by atoms with Crippen molar-refractivity contribution in [2.75, 3.05) is 41.7 Å². The molecule has 4 aromatic carbocycles. The lowest BCUT2D eigenvalue weighted by Crippen LogP contribution is -2.44. The summed E-state index contributed by atoms with van der Waals surface area (Å²) >= 11 is 0. The molecule has 4 aromatic rings. The van der Waals surface area contributed by atoms with Crippen LogP contribution in [0, 0.1) is 11.8 Å². The number of benzene rings is 4. The number of hydrogen-bond donors (Lipinski definition) is 6. The largest absolute Gasteiger partial charge is 0.504 e. The van der Waals surface area contributed by atoms with Crippen LogP contribution in [0.3, 0.4) is 0 Å². The SMILES string of the molecule is COc1cc(C[C@]2(O)C(=O)OC[C@H]2Cc2cc(OC)c(O)c(-c3cc(C[C@@H]4COC(=O)[C@@]4(O)Cc4ccc(O)c(OC)c4)cc(OC)c3O)c2)ccc1O. The third-order valence-electron chi connectivity index (χ3n) is 10.3. The quantitative estimate of drug-likeness (QED) is 0.108. The Kier molecular flexibility index (Phi) is 10.4. The zero-order valence-corrected chi connectivity index (χ0v) is 30.1. The highest BCUT2D eigenvalue weighted by Gasteiger charge is 2.52. The van der Waals surface area contributed by atoms with E-state index < -0.39 is 35.0 Å². The van der Waals surface area contributed by atoms with Gasteiger partial charge in [-0.05, 0) is 83.6 Å². The van der Waals surface area contributed by atoms with Gasteiger partial charge < -0.3 is 59.1 Å². The predicted molar refractivity (Wildman–Crippen MR) is 191 cm³/mol. The molecule has 286 valence electrons. The molecule has 0 aliphatic carbocycles. The summed E-state index contributed by atoms with van der Waals surface area (Å²) in [6.45, 7) is -0.195. The number of aromatic hydroxyl groups is 4. The molecule has 0 aromatic heterocycles. The fourth-order valence-corrected chi connectivity index (χ4v) is 7.24. The normalized spacial score (nSPS) is 22.1. The summed E-state index contributed by atoms with van der Waals surface area (Å²) in [6, 6.07) is 15.3. The summed E-state index contributed by atoms with van der Waals surface area (Å²) in [7, 11) is 5.50. The molecule has 6 rings (SSSR count). The summed E-state index contributed by atoms with van der Waals surface area (Å²) in [5.74, 6) is -3.44. The van der Waals surface area contributed by atoms with E-state index in [2.05, 4.69) is 0 Å². The minimum Gasteiger partial charge on any atom is -0.504 e. The highest BCUT2D eigenvalue weighted by molar-refractivity contribution is 5.84. The maximum Gasteiger partial charge on any atom is 0.338 e. The second-order valence-electron chi connectivity index (χ2n) is 13.6. The van der Waals surface area contributed by atoms with Crippen LogP contribution in [0.2, 0.25) is 0 Å². The van der Waals surface area contributed by atoms with Gasteiger partial charge in [-0.2, -0.15) is 0 Å². The van der Waals surface area contributed by atoms with Gasteiger partial charge in [0.1, 0.15) is 0 Å². The molecule has 2 aliphatic rings. The van der Waals surface area contributed by atoms with Gasteiger partial charge in [-0.25, -0.2) is 9.59 Å². The third kappa shape index (κ3) is 6.97. The predicted octanol–water partition coefficient (Wildman–Crippen LogP) is 3.59. The first-order valence-electron chi connectivity index (χ1n) is 17.1.